The van der Waals surface area contributed by atoms with Gasteiger partial charge in [-0.15, -0.1) is 0 Å². The predicted octanol–water partition coefficient (Wildman–Crippen LogP) is 5.40. The standard InChI is InChI=1S/C17H18ClF3NO3P/c1-4-24-26(23,5-2)12-8-10(6-7-11(12)22)25-17-13(18)14(19)9(3)15(20)16(17)21/h6-8H,4-5,22H2,1-3H3. The van der Waals surface area contributed by atoms with Gasteiger partial charge in [-0.25, -0.2) is 8.78 Å². The van der Waals surface area contributed by atoms with Crippen molar-refractivity contribution in [1.29, 1.82) is 0 Å². The second kappa shape index (κ2) is 7.91. The van der Waals surface area contributed by atoms with Crippen LogP contribution in [-0.2, 0) is 9.09 Å². The second-order valence-corrected chi connectivity index (χ2v) is 8.54. The summed E-state index contributed by atoms with van der Waals surface area (Å²) in [6.45, 7) is 4.62. The fourth-order valence-corrected chi connectivity index (χ4v) is 4.49. The second-order valence-electron chi connectivity index (χ2n) is 5.44. The minimum atomic E-state index is -3.25. The molecule has 142 valence electrons. The number of ether oxygens (including phenoxy) is 1. The topological polar surface area (TPSA) is 61.5 Å². The zero-order valence-corrected chi connectivity index (χ0v) is 16.1. The Morgan fingerprint density at radius 2 is 1.81 bits per heavy atom. The molecule has 26 heavy (non-hydrogen) atoms. The van der Waals surface area contributed by atoms with Crippen LogP contribution in [0.2, 0.25) is 5.02 Å². The van der Waals surface area contributed by atoms with Crippen molar-refractivity contribution in [2.24, 2.45) is 0 Å². The number of halogens is 4. The molecule has 0 aliphatic carbocycles. The van der Waals surface area contributed by atoms with Crippen molar-refractivity contribution in [3.05, 3.63) is 46.2 Å². The summed E-state index contributed by atoms with van der Waals surface area (Å²) in [6.07, 6.45) is 0.178. The van der Waals surface area contributed by atoms with Crippen molar-refractivity contribution in [1.82, 2.24) is 0 Å². The Morgan fingerprint density at radius 1 is 1.15 bits per heavy atom. The summed E-state index contributed by atoms with van der Waals surface area (Å²) in [5, 5.41) is -0.507. The zero-order chi connectivity index (χ0) is 19.6. The highest BCUT2D eigenvalue weighted by molar-refractivity contribution is 7.67. The van der Waals surface area contributed by atoms with Crippen LogP contribution < -0.4 is 15.8 Å². The molecule has 0 amide bonds. The molecule has 0 spiro atoms. The first-order chi connectivity index (χ1) is 12.2. The Labute approximate surface area is 154 Å². The number of hydrogen-bond donors (Lipinski definition) is 1. The number of nitrogen functional groups attached to an aromatic ring is 1. The van der Waals surface area contributed by atoms with Gasteiger partial charge in [-0.1, -0.05) is 18.5 Å². The molecular formula is C17H18ClF3NO3P. The molecule has 1 unspecified atom stereocenters. The van der Waals surface area contributed by atoms with Crippen molar-refractivity contribution < 1.29 is 27.0 Å². The molecule has 1 atom stereocenters. The summed E-state index contributed by atoms with van der Waals surface area (Å²) in [5.74, 6) is -4.77. The van der Waals surface area contributed by atoms with Crippen LogP contribution in [0.25, 0.3) is 0 Å². The van der Waals surface area contributed by atoms with Gasteiger partial charge in [-0.05, 0) is 32.0 Å². The van der Waals surface area contributed by atoms with E-state index < -0.39 is 41.2 Å². The first-order valence-electron chi connectivity index (χ1n) is 7.80. The molecule has 0 bridgehead atoms. The van der Waals surface area contributed by atoms with Crippen LogP contribution in [0.4, 0.5) is 18.9 Å². The average molecular weight is 408 g/mol. The lowest BCUT2D eigenvalue weighted by atomic mass is 10.2. The van der Waals surface area contributed by atoms with Gasteiger partial charge in [0.1, 0.15) is 10.8 Å². The van der Waals surface area contributed by atoms with Crippen LogP contribution in [0.15, 0.2) is 18.2 Å². The number of benzene rings is 2. The molecule has 0 saturated carbocycles. The van der Waals surface area contributed by atoms with Gasteiger partial charge >= 0.3 is 0 Å². The Morgan fingerprint density at radius 3 is 2.38 bits per heavy atom. The van der Waals surface area contributed by atoms with E-state index in [1.807, 2.05) is 0 Å². The van der Waals surface area contributed by atoms with Gasteiger partial charge < -0.3 is 15.0 Å². The quantitative estimate of drug-likeness (QED) is 0.395. The Bertz CT molecular complexity index is 863. The van der Waals surface area contributed by atoms with Crippen molar-refractivity contribution >= 4 is 30.0 Å². The van der Waals surface area contributed by atoms with Crippen LogP contribution in [0.5, 0.6) is 11.5 Å². The van der Waals surface area contributed by atoms with E-state index in [4.69, 9.17) is 26.6 Å². The highest BCUT2D eigenvalue weighted by Crippen LogP contribution is 2.48. The SMILES string of the molecule is CCOP(=O)(CC)c1cc(Oc2c(F)c(F)c(C)c(F)c2Cl)ccc1N. The van der Waals surface area contributed by atoms with Gasteiger partial charge in [0.05, 0.1) is 11.9 Å². The molecule has 0 saturated heterocycles. The number of hydrogen-bond acceptors (Lipinski definition) is 4. The Hall–Kier alpha value is -1.69. The third-order valence-electron chi connectivity index (χ3n) is 3.79. The fraction of sp³-hybridized carbons (Fsp3) is 0.294. The van der Waals surface area contributed by atoms with Gasteiger partial charge in [0, 0.05) is 17.4 Å². The van der Waals surface area contributed by atoms with Crippen LogP contribution in [0.1, 0.15) is 19.4 Å². The molecule has 9 heteroatoms. The largest absolute Gasteiger partial charge is 0.452 e. The molecule has 0 heterocycles. The summed E-state index contributed by atoms with van der Waals surface area (Å²) in [5.41, 5.74) is 5.52. The summed E-state index contributed by atoms with van der Waals surface area (Å²) >= 11 is 5.75. The lowest BCUT2D eigenvalue weighted by Crippen LogP contribution is -2.14. The van der Waals surface area contributed by atoms with Gasteiger partial charge in [0.2, 0.25) is 13.2 Å². The van der Waals surface area contributed by atoms with Gasteiger partial charge in [0.15, 0.2) is 17.4 Å². The molecule has 2 aromatic carbocycles. The highest BCUT2D eigenvalue weighted by Gasteiger charge is 2.28. The van der Waals surface area contributed by atoms with E-state index in [9.17, 15) is 17.7 Å². The maximum atomic E-state index is 14.1. The van der Waals surface area contributed by atoms with E-state index >= 15 is 0 Å². The van der Waals surface area contributed by atoms with E-state index in [1.54, 1.807) is 13.8 Å². The average Bonchev–Trinajstić information content (AvgIpc) is 2.63. The summed E-state index contributed by atoms with van der Waals surface area (Å²) in [4.78, 5) is 0. The van der Waals surface area contributed by atoms with Crippen LogP contribution >= 0.6 is 19.0 Å². The molecule has 0 aliphatic heterocycles. The van der Waals surface area contributed by atoms with Crippen molar-refractivity contribution in [3.63, 3.8) is 0 Å². The van der Waals surface area contributed by atoms with Crippen molar-refractivity contribution in [3.8, 4) is 11.5 Å². The lowest BCUT2D eigenvalue weighted by Gasteiger charge is -2.19. The van der Waals surface area contributed by atoms with Crippen LogP contribution in [0, 0.1) is 24.4 Å². The Balaban J connectivity index is 2.54. The molecule has 0 radical (unpaired) electrons. The van der Waals surface area contributed by atoms with Gasteiger partial charge in [-0.2, -0.15) is 4.39 Å². The van der Waals surface area contributed by atoms with Gasteiger partial charge in [0.25, 0.3) is 0 Å². The minimum Gasteiger partial charge on any atom is -0.452 e. The summed E-state index contributed by atoms with van der Waals surface area (Å²) < 4.78 is 65.4. The van der Waals surface area contributed by atoms with E-state index in [0.717, 1.165) is 6.92 Å². The molecule has 4 nitrogen and oxygen atoms in total. The van der Waals surface area contributed by atoms with E-state index in [-0.39, 0.29) is 29.5 Å². The molecule has 0 aliphatic rings. The number of nitrogens with two attached hydrogens (primary N) is 1. The first kappa shape index (κ1) is 20.6. The van der Waals surface area contributed by atoms with E-state index in [2.05, 4.69) is 0 Å². The summed E-state index contributed by atoms with van der Waals surface area (Å²) in [7, 11) is -3.25. The van der Waals surface area contributed by atoms with E-state index in [1.165, 1.54) is 18.2 Å². The smallest absolute Gasteiger partial charge is 0.234 e. The third kappa shape index (κ3) is 3.70. The molecule has 2 rings (SSSR count). The van der Waals surface area contributed by atoms with E-state index in [0.29, 0.717) is 0 Å². The third-order valence-corrected chi connectivity index (χ3v) is 6.75. The molecule has 0 fully saturated rings. The normalized spacial score (nSPS) is 13.5. The fourth-order valence-electron chi connectivity index (χ4n) is 2.35. The molecule has 2 N–H and O–H groups in total. The van der Waals surface area contributed by atoms with Crippen molar-refractivity contribution in [2.75, 3.05) is 18.5 Å². The van der Waals surface area contributed by atoms with Crippen LogP contribution in [0.3, 0.4) is 0 Å². The monoisotopic (exact) mass is 407 g/mol. The maximum Gasteiger partial charge on any atom is 0.234 e. The molecule has 0 aromatic heterocycles. The van der Waals surface area contributed by atoms with Crippen LogP contribution in [-0.4, -0.2) is 12.8 Å². The highest BCUT2D eigenvalue weighted by atomic mass is 35.5. The number of rotatable bonds is 6. The molecule has 2 aromatic rings. The zero-order valence-electron chi connectivity index (χ0n) is 14.4. The number of anilines is 1. The summed E-state index contributed by atoms with van der Waals surface area (Å²) in [6, 6.07) is 4.02. The maximum absolute atomic E-state index is 14.1. The lowest BCUT2D eigenvalue weighted by molar-refractivity contribution is 0.341. The van der Waals surface area contributed by atoms with Gasteiger partial charge in [-0.3, -0.25) is 4.57 Å². The first-order valence-corrected chi connectivity index (χ1v) is 9.99. The Kier molecular flexibility index (Phi) is 6.27. The predicted molar refractivity (Wildman–Crippen MR) is 96.4 cm³/mol. The minimum absolute atomic E-state index is 0.0361. The molecular weight excluding hydrogens is 390 g/mol. The van der Waals surface area contributed by atoms with Crippen molar-refractivity contribution in [2.45, 2.75) is 20.8 Å².